The van der Waals surface area contributed by atoms with E-state index in [9.17, 15) is 0 Å². The van der Waals surface area contributed by atoms with E-state index in [1.54, 1.807) is 0 Å². The molecule has 2 heterocycles. The molecule has 2 aromatic heterocycles. The first kappa shape index (κ1) is 10.9. The molecule has 0 atom stereocenters. The van der Waals surface area contributed by atoms with Crippen LogP contribution in [0.3, 0.4) is 0 Å². The topological polar surface area (TPSA) is 80.5 Å². The van der Waals surface area contributed by atoms with Crippen molar-refractivity contribution in [1.82, 2.24) is 25.3 Å². The lowest BCUT2D eigenvalue weighted by Crippen LogP contribution is -1.86. The van der Waals surface area contributed by atoms with Crippen molar-refractivity contribution in [1.29, 1.82) is 0 Å². The Kier molecular flexibility index (Phi) is 2.56. The van der Waals surface area contributed by atoms with Gasteiger partial charge in [-0.15, -0.1) is 0 Å². The van der Waals surface area contributed by atoms with Gasteiger partial charge in [0.1, 0.15) is 6.33 Å². The highest BCUT2D eigenvalue weighted by molar-refractivity contribution is 6.31. The summed E-state index contributed by atoms with van der Waals surface area (Å²) in [6.07, 6.45) is 1.38. The fourth-order valence-corrected chi connectivity index (χ4v) is 1.76. The quantitative estimate of drug-likeness (QED) is 0.766. The Morgan fingerprint density at radius 1 is 1.33 bits per heavy atom. The molecule has 0 radical (unpaired) electrons. The van der Waals surface area contributed by atoms with Crippen LogP contribution in [-0.2, 0) is 0 Å². The number of halogens is 1. The first-order valence-electron chi connectivity index (χ1n) is 5.20. The second-order valence-corrected chi connectivity index (χ2v) is 4.08. The molecule has 0 aliphatic rings. The molecule has 1 aromatic carbocycles. The van der Waals surface area contributed by atoms with Gasteiger partial charge in [0.2, 0.25) is 5.82 Å². The smallest absolute Gasteiger partial charge is 0.258 e. The van der Waals surface area contributed by atoms with E-state index < -0.39 is 0 Å². The van der Waals surface area contributed by atoms with Gasteiger partial charge in [0.15, 0.2) is 5.82 Å². The van der Waals surface area contributed by atoms with Crippen LogP contribution < -0.4 is 0 Å². The van der Waals surface area contributed by atoms with Gasteiger partial charge in [0, 0.05) is 10.6 Å². The molecule has 0 fully saturated rings. The maximum absolute atomic E-state index is 6.05. The molecule has 18 heavy (non-hydrogen) atoms. The zero-order valence-electron chi connectivity index (χ0n) is 9.38. The zero-order chi connectivity index (χ0) is 12.5. The second kappa shape index (κ2) is 4.23. The monoisotopic (exact) mass is 261 g/mol. The van der Waals surface area contributed by atoms with Gasteiger partial charge in [0.05, 0.1) is 0 Å². The first-order chi connectivity index (χ1) is 8.75. The maximum Gasteiger partial charge on any atom is 0.258 e. The van der Waals surface area contributed by atoms with E-state index >= 15 is 0 Å². The largest absolute Gasteiger partial charge is 0.333 e. The molecule has 90 valence electrons. The van der Waals surface area contributed by atoms with E-state index in [-0.39, 0.29) is 0 Å². The molecule has 1 N–H and O–H groups in total. The fraction of sp³-hybridized carbons (Fsp3) is 0.0909. The van der Waals surface area contributed by atoms with E-state index in [1.165, 1.54) is 6.33 Å². The Morgan fingerprint density at radius 2 is 2.22 bits per heavy atom. The number of aromatic nitrogens is 5. The SMILES string of the molecule is Cc1c(Cl)cccc1-c1nc(-c2ncn[nH]2)no1. The maximum atomic E-state index is 6.05. The van der Waals surface area contributed by atoms with E-state index in [0.29, 0.717) is 22.6 Å². The van der Waals surface area contributed by atoms with Crippen LogP contribution in [0.1, 0.15) is 5.56 Å². The first-order valence-corrected chi connectivity index (χ1v) is 5.58. The normalized spacial score (nSPS) is 10.8. The lowest BCUT2D eigenvalue weighted by atomic mass is 10.1. The fourth-order valence-electron chi connectivity index (χ4n) is 1.58. The summed E-state index contributed by atoms with van der Waals surface area (Å²) >= 11 is 6.05. The minimum atomic E-state index is 0.363. The van der Waals surface area contributed by atoms with Gasteiger partial charge in [-0.1, -0.05) is 22.8 Å². The highest BCUT2D eigenvalue weighted by Crippen LogP contribution is 2.27. The Morgan fingerprint density at radius 3 is 3.00 bits per heavy atom. The average Bonchev–Trinajstić information content (AvgIpc) is 3.01. The average molecular weight is 262 g/mol. The molecule has 0 spiro atoms. The lowest BCUT2D eigenvalue weighted by molar-refractivity contribution is 0.431. The summed E-state index contributed by atoms with van der Waals surface area (Å²) in [5.41, 5.74) is 1.70. The summed E-state index contributed by atoms with van der Waals surface area (Å²) in [7, 11) is 0. The lowest BCUT2D eigenvalue weighted by Gasteiger charge is -2.01. The van der Waals surface area contributed by atoms with Crippen LogP contribution in [0.25, 0.3) is 23.1 Å². The van der Waals surface area contributed by atoms with Gasteiger partial charge in [-0.3, -0.25) is 5.10 Å². The van der Waals surface area contributed by atoms with Crippen molar-refractivity contribution in [2.24, 2.45) is 0 Å². The van der Waals surface area contributed by atoms with Gasteiger partial charge in [-0.25, -0.2) is 4.98 Å². The molecule has 3 rings (SSSR count). The molecule has 0 bridgehead atoms. The summed E-state index contributed by atoms with van der Waals surface area (Å²) in [6.45, 7) is 1.90. The highest BCUT2D eigenvalue weighted by Gasteiger charge is 2.14. The number of hydrogen-bond donors (Lipinski definition) is 1. The van der Waals surface area contributed by atoms with Gasteiger partial charge < -0.3 is 4.52 Å². The summed E-state index contributed by atoms with van der Waals surface area (Å²) in [5.74, 6) is 1.23. The molecule has 0 aliphatic carbocycles. The molecule has 3 aromatic rings. The summed E-state index contributed by atoms with van der Waals surface area (Å²) in [4.78, 5) is 8.21. The molecule has 0 aliphatic heterocycles. The Bertz CT molecular complexity index is 677. The van der Waals surface area contributed by atoms with E-state index in [1.807, 2.05) is 25.1 Å². The van der Waals surface area contributed by atoms with Crippen LogP contribution >= 0.6 is 11.6 Å². The van der Waals surface area contributed by atoms with Crippen molar-refractivity contribution < 1.29 is 4.52 Å². The van der Waals surface area contributed by atoms with Crippen LogP contribution in [0.2, 0.25) is 5.02 Å². The standard InChI is InChI=1S/C11H8ClN5O/c1-6-7(3-2-4-8(6)12)11-15-10(17-18-11)9-13-5-14-16-9/h2-5H,1H3,(H,13,14,16). The predicted octanol–water partition coefficient (Wildman–Crippen LogP) is 2.48. The summed E-state index contributed by atoms with van der Waals surface area (Å²) in [5, 5.41) is 10.9. The molecule has 0 saturated carbocycles. The minimum Gasteiger partial charge on any atom is -0.333 e. The van der Waals surface area contributed by atoms with Crippen molar-refractivity contribution in [3.8, 4) is 23.1 Å². The van der Waals surface area contributed by atoms with Gasteiger partial charge >= 0.3 is 0 Å². The molecule has 0 unspecified atom stereocenters. The Balaban J connectivity index is 2.06. The Hall–Kier alpha value is -2.21. The third-order valence-electron chi connectivity index (χ3n) is 2.55. The van der Waals surface area contributed by atoms with Crippen LogP contribution in [0.15, 0.2) is 29.0 Å². The van der Waals surface area contributed by atoms with E-state index in [2.05, 4.69) is 25.3 Å². The third kappa shape index (κ3) is 1.76. The number of aromatic amines is 1. The molecule has 0 saturated heterocycles. The number of H-pyrrole nitrogens is 1. The summed E-state index contributed by atoms with van der Waals surface area (Å²) in [6, 6.07) is 5.52. The van der Waals surface area contributed by atoms with Gasteiger partial charge in [-0.05, 0) is 24.6 Å². The zero-order valence-corrected chi connectivity index (χ0v) is 10.1. The molecule has 0 amide bonds. The van der Waals surface area contributed by atoms with Crippen molar-refractivity contribution in [3.63, 3.8) is 0 Å². The molecular formula is C11H8ClN5O. The Labute approximate surface area is 107 Å². The van der Waals surface area contributed by atoms with E-state index in [4.69, 9.17) is 16.1 Å². The third-order valence-corrected chi connectivity index (χ3v) is 2.96. The van der Waals surface area contributed by atoms with Crippen molar-refractivity contribution in [2.75, 3.05) is 0 Å². The number of benzene rings is 1. The van der Waals surface area contributed by atoms with Crippen LogP contribution in [0.4, 0.5) is 0 Å². The van der Waals surface area contributed by atoms with Crippen molar-refractivity contribution in [2.45, 2.75) is 6.92 Å². The van der Waals surface area contributed by atoms with Crippen molar-refractivity contribution >= 4 is 11.6 Å². The molecular weight excluding hydrogens is 254 g/mol. The number of nitrogens with zero attached hydrogens (tertiary/aromatic N) is 4. The van der Waals surface area contributed by atoms with Crippen LogP contribution in [0, 0.1) is 6.92 Å². The van der Waals surface area contributed by atoms with Crippen LogP contribution in [0.5, 0.6) is 0 Å². The van der Waals surface area contributed by atoms with E-state index in [0.717, 1.165) is 11.1 Å². The minimum absolute atomic E-state index is 0.363. The highest BCUT2D eigenvalue weighted by atomic mass is 35.5. The summed E-state index contributed by atoms with van der Waals surface area (Å²) < 4.78 is 5.20. The number of rotatable bonds is 2. The van der Waals surface area contributed by atoms with Gasteiger partial charge in [-0.2, -0.15) is 10.1 Å². The van der Waals surface area contributed by atoms with Crippen LogP contribution in [-0.4, -0.2) is 25.3 Å². The number of hydrogen-bond acceptors (Lipinski definition) is 5. The molecule has 6 nitrogen and oxygen atoms in total. The van der Waals surface area contributed by atoms with Crippen molar-refractivity contribution in [3.05, 3.63) is 35.1 Å². The second-order valence-electron chi connectivity index (χ2n) is 3.67. The van der Waals surface area contributed by atoms with Gasteiger partial charge in [0.25, 0.3) is 5.89 Å². The number of nitrogens with one attached hydrogen (secondary N) is 1. The predicted molar refractivity (Wildman–Crippen MR) is 64.9 cm³/mol. The molecule has 7 heteroatoms.